The van der Waals surface area contributed by atoms with Gasteiger partial charge in [-0.1, -0.05) is 76.1 Å². The summed E-state index contributed by atoms with van der Waals surface area (Å²) in [6.45, 7) is 0. The summed E-state index contributed by atoms with van der Waals surface area (Å²) in [5.41, 5.74) is 3.75. The average Bonchev–Trinajstić information content (AvgIpc) is 3.32. The number of hydrazone groups is 1. The van der Waals surface area contributed by atoms with Crippen LogP contribution < -0.4 is 0 Å². The Morgan fingerprint density at radius 1 is 1.05 bits per heavy atom. The molecule has 2 aliphatic heterocycles. The topological polar surface area (TPSA) is 99.4 Å². The number of rotatable bonds is 6. The highest BCUT2D eigenvalue weighted by Gasteiger charge is 2.40. The zero-order valence-electron chi connectivity index (χ0n) is 19.5. The van der Waals surface area contributed by atoms with Crippen LogP contribution >= 0.6 is 27.5 Å². The van der Waals surface area contributed by atoms with Crippen molar-refractivity contribution >= 4 is 62.3 Å². The Morgan fingerprint density at radius 2 is 1.78 bits per heavy atom. The molecule has 186 valence electrons. The number of allylic oxidation sites excluding steroid dienone is 5. The van der Waals surface area contributed by atoms with Crippen LogP contribution in [0, 0.1) is 5.92 Å². The summed E-state index contributed by atoms with van der Waals surface area (Å²) in [4.78, 5) is 42.1. The summed E-state index contributed by atoms with van der Waals surface area (Å²) in [6, 6.07) is 16.5. The Hall–Kier alpha value is -3.62. The minimum Gasteiger partial charge on any atom is -0.481 e. The van der Waals surface area contributed by atoms with Gasteiger partial charge in [0.2, 0.25) is 5.91 Å². The Morgan fingerprint density at radius 3 is 2.49 bits per heavy atom. The smallest absolute Gasteiger partial charge is 0.303 e. The third kappa shape index (κ3) is 5.12. The predicted molar refractivity (Wildman–Crippen MR) is 145 cm³/mol. The van der Waals surface area contributed by atoms with Gasteiger partial charge in [-0.15, -0.1) is 0 Å². The van der Waals surface area contributed by atoms with E-state index < -0.39 is 23.8 Å². The molecule has 2 amide bonds. The fourth-order valence-corrected chi connectivity index (χ4v) is 5.19. The van der Waals surface area contributed by atoms with Gasteiger partial charge in [-0.2, -0.15) is 5.10 Å². The van der Waals surface area contributed by atoms with Crippen molar-refractivity contribution in [2.75, 3.05) is 0 Å². The Balaban J connectivity index is 1.63. The average molecular weight is 579 g/mol. The molecule has 2 heterocycles. The van der Waals surface area contributed by atoms with Crippen molar-refractivity contribution in [3.63, 3.8) is 0 Å². The van der Waals surface area contributed by atoms with Crippen LogP contribution in [-0.4, -0.2) is 39.3 Å². The molecule has 1 aliphatic carbocycles. The van der Waals surface area contributed by atoms with E-state index in [1.54, 1.807) is 12.2 Å². The third-order valence-corrected chi connectivity index (χ3v) is 7.21. The largest absolute Gasteiger partial charge is 0.481 e. The van der Waals surface area contributed by atoms with Gasteiger partial charge in [0.05, 0.1) is 29.5 Å². The van der Waals surface area contributed by atoms with E-state index in [9.17, 15) is 14.4 Å². The number of halogens is 2. The number of carbonyl (C=O) groups excluding carboxylic acids is 2. The minimum absolute atomic E-state index is 0.203. The van der Waals surface area contributed by atoms with Crippen LogP contribution in [0.1, 0.15) is 36.4 Å². The molecule has 2 aromatic carbocycles. The molecule has 2 aromatic rings. The first kappa shape index (κ1) is 25.0. The second-order valence-electron chi connectivity index (χ2n) is 8.81. The fourth-order valence-electron chi connectivity index (χ4n) is 4.74. The summed E-state index contributed by atoms with van der Waals surface area (Å²) < 4.78 is 0.881. The van der Waals surface area contributed by atoms with Gasteiger partial charge in [-0.3, -0.25) is 14.4 Å². The molecule has 0 bridgehead atoms. The van der Waals surface area contributed by atoms with E-state index in [0.29, 0.717) is 22.0 Å². The number of carboxylic acid groups (broad SMARTS) is 1. The quantitative estimate of drug-likeness (QED) is 0.476. The Kier molecular flexibility index (Phi) is 7.04. The van der Waals surface area contributed by atoms with E-state index in [0.717, 1.165) is 21.2 Å². The second kappa shape index (κ2) is 10.4. The molecular formula is C28H21BrClN3O4. The molecule has 0 aromatic heterocycles. The molecule has 37 heavy (non-hydrogen) atoms. The van der Waals surface area contributed by atoms with Crippen LogP contribution in [0.4, 0.5) is 0 Å². The number of hydrogen-bond donors (Lipinski definition) is 1. The maximum absolute atomic E-state index is 13.5. The number of nitrogens with zero attached hydrogens (tertiary/aromatic N) is 3. The first-order valence-electron chi connectivity index (χ1n) is 11.7. The normalized spacial score (nSPS) is 20.9. The van der Waals surface area contributed by atoms with Gasteiger partial charge in [0, 0.05) is 28.3 Å². The van der Waals surface area contributed by atoms with Gasteiger partial charge >= 0.3 is 5.97 Å². The van der Waals surface area contributed by atoms with E-state index in [4.69, 9.17) is 16.7 Å². The molecule has 7 nitrogen and oxygen atoms in total. The first-order chi connectivity index (χ1) is 17.8. The predicted octanol–water partition coefficient (Wildman–Crippen LogP) is 5.69. The summed E-state index contributed by atoms with van der Waals surface area (Å²) in [5, 5.41) is 15.6. The first-order valence-corrected chi connectivity index (χ1v) is 12.8. The Bertz CT molecular complexity index is 1440. The van der Waals surface area contributed by atoms with Gasteiger partial charge in [-0.05, 0) is 41.0 Å². The molecule has 0 saturated carbocycles. The van der Waals surface area contributed by atoms with Crippen molar-refractivity contribution in [2.24, 2.45) is 16.0 Å². The highest BCUT2D eigenvalue weighted by molar-refractivity contribution is 9.10. The van der Waals surface area contributed by atoms with Crippen LogP contribution in [0.25, 0.3) is 5.57 Å². The van der Waals surface area contributed by atoms with Crippen LogP contribution in [0.2, 0.25) is 0 Å². The molecule has 3 aliphatic rings. The third-order valence-electron chi connectivity index (χ3n) is 6.43. The highest BCUT2D eigenvalue weighted by atomic mass is 79.9. The van der Waals surface area contributed by atoms with E-state index >= 15 is 0 Å². The van der Waals surface area contributed by atoms with Crippen LogP contribution in [0.3, 0.4) is 0 Å². The van der Waals surface area contributed by atoms with Crippen LogP contribution in [0.15, 0.2) is 98.0 Å². The van der Waals surface area contributed by atoms with Crippen molar-refractivity contribution < 1.29 is 19.5 Å². The molecule has 0 fully saturated rings. The summed E-state index contributed by atoms with van der Waals surface area (Å²) in [6.07, 6.45) is 5.07. The number of aliphatic carboxylic acids is 1. The summed E-state index contributed by atoms with van der Waals surface area (Å²) in [7, 11) is 0. The number of fused-ring (bicyclic) bond motifs is 1. The van der Waals surface area contributed by atoms with E-state index in [1.807, 2.05) is 60.7 Å². The molecule has 2 unspecified atom stereocenters. The highest BCUT2D eigenvalue weighted by Crippen LogP contribution is 2.41. The van der Waals surface area contributed by atoms with Gasteiger partial charge in [-0.25, -0.2) is 10.0 Å². The maximum Gasteiger partial charge on any atom is 0.303 e. The zero-order chi connectivity index (χ0) is 26.1. The second-order valence-corrected chi connectivity index (χ2v) is 10.2. The molecular weight excluding hydrogens is 558 g/mol. The molecule has 2 atom stereocenters. The van der Waals surface area contributed by atoms with Gasteiger partial charge in [0.15, 0.2) is 0 Å². The number of aliphatic imine (C=N–C) groups is 1. The van der Waals surface area contributed by atoms with E-state index in [1.165, 1.54) is 5.01 Å². The SMILES string of the molecule is O=C(O)CCC(=O)N1N=C(C2=C(c3ccccc3)C3C=C(Cl)C=CC3=NC2=O)CC1c1ccc(Br)cc1. The van der Waals surface area contributed by atoms with E-state index in [-0.39, 0.29) is 25.2 Å². The van der Waals surface area contributed by atoms with Crippen molar-refractivity contribution in [1.82, 2.24) is 5.01 Å². The molecule has 9 heteroatoms. The molecule has 1 N–H and O–H groups in total. The summed E-state index contributed by atoms with van der Waals surface area (Å²) >= 11 is 9.78. The number of amides is 2. The lowest BCUT2D eigenvalue weighted by Crippen LogP contribution is -2.27. The molecule has 5 rings (SSSR count). The number of carboxylic acids is 1. The Labute approximate surface area is 226 Å². The van der Waals surface area contributed by atoms with Crippen LogP contribution in [-0.2, 0) is 14.4 Å². The maximum atomic E-state index is 13.5. The van der Waals surface area contributed by atoms with Crippen molar-refractivity contribution in [1.29, 1.82) is 0 Å². The number of dihydropyridines is 1. The van der Waals surface area contributed by atoms with Crippen LogP contribution in [0.5, 0.6) is 0 Å². The molecule has 0 spiro atoms. The van der Waals surface area contributed by atoms with Gasteiger partial charge in [0.25, 0.3) is 5.91 Å². The molecule has 0 radical (unpaired) electrons. The van der Waals surface area contributed by atoms with E-state index in [2.05, 4.69) is 26.0 Å². The number of carbonyl (C=O) groups is 3. The number of hydrogen-bond acceptors (Lipinski definition) is 4. The summed E-state index contributed by atoms with van der Waals surface area (Å²) in [5.74, 6) is -2.28. The fraction of sp³-hybridized carbons (Fsp3) is 0.179. The van der Waals surface area contributed by atoms with Crippen molar-refractivity contribution in [3.05, 3.63) is 99.0 Å². The molecule has 0 saturated heterocycles. The number of benzene rings is 2. The van der Waals surface area contributed by atoms with Crippen molar-refractivity contribution in [3.8, 4) is 0 Å². The van der Waals surface area contributed by atoms with Gasteiger partial charge < -0.3 is 5.11 Å². The zero-order valence-corrected chi connectivity index (χ0v) is 21.8. The lowest BCUT2D eigenvalue weighted by Gasteiger charge is -2.27. The lowest BCUT2D eigenvalue weighted by atomic mass is 9.79. The van der Waals surface area contributed by atoms with Crippen molar-refractivity contribution in [2.45, 2.75) is 25.3 Å². The van der Waals surface area contributed by atoms with Gasteiger partial charge in [0.1, 0.15) is 0 Å². The monoisotopic (exact) mass is 577 g/mol. The standard InChI is InChI=1S/C28H21BrClN3O4/c29-18-8-6-16(7-9-18)23-15-22(32-33(23)24(34)12-13-25(35)36)27-26(17-4-2-1-3-5-17)20-14-19(30)10-11-21(20)31-28(27)37/h1-11,14,20,23H,12-13,15H2,(H,35,36). The lowest BCUT2D eigenvalue weighted by molar-refractivity contribution is -0.141. The minimum atomic E-state index is -1.07.